The second-order valence-electron chi connectivity index (χ2n) is 8.83. The molecule has 5 rings (SSSR count). The predicted octanol–water partition coefficient (Wildman–Crippen LogP) is 4.11. The molecule has 0 saturated carbocycles. The summed E-state index contributed by atoms with van der Waals surface area (Å²) in [6.45, 7) is 1.78. The van der Waals surface area contributed by atoms with Crippen LogP contribution in [0.3, 0.4) is 0 Å². The van der Waals surface area contributed by atoms with E-state index in [1.807, 2.05) is 0 Å². The number of anilines is 2. The number of rotatable bonds is 9. The number of hydrogen-bond acceptors (Lipinski definition) is 9. The molecule has 1 saturated heterocycles. The fourth-order valence-electron chi connectivity index (χ4n) is 4.08. The van der Waals surface area contributed by atoms with Gasteiger partial charge < -0.3 is 15.4 Å². The van der Waals surface area contributed by atoms with Crippen molar-refractivity contribution in [2.45, 2.75) is 24.6 Å². The lowest BCUT2D eigenvalue weighted by molar-refractivity contribution is 0.407. The third-order valence-electron chi connectivity index (χ3n) is 5.92. The minimum atomic E-state index is -4.05. The standard InChI is InChI=1S/C26H25F2N7O3S/c27-23-21(35-39(36,37)16-18-5-1-2-12-30-18)8-9-22(24(23)28)38-25-19(7-4-13-31-25)20-10-14-32-26(34-20)33-17-6-3-11-29-15-17/h1-2,4-5,7-10,12-14,17,29,35H,3,6,11,15-16H2,(H,32,33,34)/t17-/m0/s1. The van der Waals surface area contributed by atoms with E-state index in [9.17, 15) is 17.2 Å². The lowest BCUT2D eigenvalue weighted by Crippen LogP contribution is -2.38. The molecule has 39 heavy (non-hydrogen) atoms. The first-order valence-electron chi connectivity index (χ1n) is 12.2. The number of sulfonamides is 1. The van der Waals surface area contributed by atoms with Crippen LogP contribution in [0.15, 0.2) is 67.1 Å². The maximum absolute atomic E-state index is 15.0. The number of ether oxygens (including phenoxy) is 1. The Kier molecular flexibility index (Phi) is 7.89. The van der Waals surface area contributed by atoms with E-state index in [-0.39, 0.29) is 17.6 Å². The third kappa shape index (κ3) is 6.62. The van der Waals surface area contributed by atoms with Crippen molar-refractivity contribution >= 4 is 21.7 Å². The number of pyridine rings is 2. The molecule has 1 fully saturated rings. The molecule has 4 heterocycles. The Morgan fingerprint density at radius 2 is 1.85 bits per heavy atom. The Morgan fingerprint density at radius 3 is 2.64 bits per heavy atom. The van der Waals surface area contributed by atoms with Crippen LogP contribution in [0.2, 0.25) is 0 Å². The van der Waals surface area contributed by atoms with Gasteiger partial charge in [-0.3, -0.25) is 9.71 Å². The Bertz CT molecular complexity index is 1550. The van der Waals surface area contributed by atoms with E-state index in [0.717, 1.165) is 38.1 Å². The lowest BCUT2D eigenvalue weighted by Gasteiger charge is -2.23. The summed E-state index contributed by atoms with van der Waals surface area (Å²) in [4.78, 5) is 17.0. The average Bonchev–Trinajstić information content (AvgIpc) is 2.94. The van der Waals surface area contributed by atoms with Crippen molar-refractivity contribution in [3.63, 3.8) is 0 Å². The SMILES string of the molecule is O=S(=O)(Cc1ccccn1)Nc1ccc(Oc2ncccc2-c2ccnc(N[C@H]3CCCNC3)n2)c(F)c1F. The summed E-state index contributed by atoms with van der Waals surface area (Å²) in [5, 5.41) is 6.62. The van der Waals surface area contributed by atoms with Gasteiger partial charge >= 0.3 is 0 Å². The molecule has 13 heteroatoms. The van der Waals surface area contributed by atoms with Gasteiger partial charge in [0.05, 0.1) is 22.6 Å². The number of aromatic nitrogens is 4. The van der Waals surface area contributed by atoms with Gasteiger partial charge in [0.2, 0.25) is 27.7 Å². The van der Waals surface area contributed by atoms with Gasteiger partial charge in [-0.1, -0.05) is 6.07 Å². The van der Waals surface area contributed by atoms with Gasteiger partial charge in [-0.15, -0.1) is 0 Å². The molecular formula is C26H25F2N7O3S. The predicted molar refractivity (Wildman–Crippen MR) is 142 cm³/mol. The van der Waals surface area contributed by atoms with E-state index < -0.39 is 38.8 Å². The summed E-state index contributed by atoms with van der Waals surface area (Å²) in [6.07, 6.45) is 6.51. The lowest BCUT2D eigenvalue weighted by atomic mass is 10.1. The third-order valence-corrected chi connectivity index (χ3v) is 7.12. The van der Waals surface area contributed by atoms with Crippen molar-refractivity contribution in [3.8, 4) is 22.9 Å². The van der Waals surface area contributed by atoms with Crippen LogP contribution >= 0.6 is 0 Å². The van der Waals surface area contributed by atoms with Crippen LogP contribution in [0.5, 0.6) is 11.6 Å². The van der Waals surface area contributed by atoms with Crippen molar-refractivity contribution < 1.29 is 21.9 Å². The molecule has 3 aromatic heterocycles. The van der Waals surface area contributed by atoms with Crippen LogP contribution in [0, 0.1) is 11.6 Å². The van der Waals surface area contributed by atoms with Gasteiger partial charge in [-0.05, 0) is 61.9 Å². The molecule has 3 N–H and O–H groups in total. The Labute approximate surface area is 224 Å². The fraction of sp³-hybridized carbons (Fsp3) is 0.231. The van der Waals surface area contributed by atoms with E-state index in [0.29, 0.717) is 17.2 Å². The Hall–Kier alpha value is -4.23. The van der Waals surface area contributed by atoms with Crippen LogP contribution in [-0.4, -0.2) is 47.5 Å². The number of nitrogens with one attached hydrogen (secondary N) is 3. The highest BCUT2D eigenvalue weighted by Crippen LogP contribution is 2.34. The molecule has 0 amide bonds. The summed E-state index contributed by atoms with van der Waals surface area (Å²) in [5.74, 6) is -3.35. The summed E-state index contributed by atoms with van der Waals surface area (Å²) in [7, 11) is -4.05. The maximum atomic E-state index is 15.0. The maximum Gasteiger partial charge on any atom is 0.238 e. The van der Waals surface area contributed by atoms with Crippen LogP contribution in [0.4, 0.5) is 20.4 Å². The monoisotopic (exact) mass is 553 g/mol. The van der Waals surface area contributed by atoms with Crippen molar-refractivity contribution in [1.82, 2.24) is 25.3 Å². The molecule has 0 aliphatic carbocycles. The summed E-state index contributed by atoms with van der Waals surface area (Å²) in [5.41, 5.74) is 0.608. The molecule has 0 bridgehead atoms. The van der Waals surface area contributed by atoms with Crippen LogP contribution < -0.4 is 20.1 Å². The first kappa shape index (κ1) is 26.4. The molecule has 10 nitrogen and oxygen atoms in total. The van der Waals surface area contributed by atoms with Gasteiger partial charge in [-0.25, -0.2) is 27.8 Å². The number of halogens is 2. The first-order chi connectivity index (χ1) is 18.9. The molecule has 4 aromatic rings. The zero-order valence-corrected chi connectivity index (χ0v) is 21.5. The molecule has 1 aromatic carbocycles. The van der Waals surface area contributed by atoms with E-state index in [2.05, 4.69) is 35.3 Å². The fourth-order valence-corrected chi connectivity index (χ4v) is 5.20. The zero-order chi connectivity index (χ0) is 27.2. The van der Waals surface area contributed by atoms with Gasteiger partial charge in [0.15, 0.2) is 11.6 Å². The minimum absolute atomic E-state index is 0.0109. The number of benzene rings is 1. The average molecular weight is 554 g/mol. The smallest absolute Gasteiger partial charge is 0.238 e. The quantitative estimate of drug-likeness (QED) is 0.280. The second-order valence-corrected chi connectivity index (χ2v) is 10.6. The van der Waals surface area contributed by atoms with E-state index in [1.165, 1.54) is 18.5 Å². The molecule has 0 spiro atoms. The highest BCUT2D eigenvalue weighted by atomic mass is 32.2. The molecule has 0 unspecified atom stereocenters. The molecule has 1 aliphatic rings. The molecule has 1 aliphatic heterocycles. The van der Waals surface area contributed by atoms with Crippen molar-refractivity contribution in [1.29, 1.82) is 0 Å². The van der Waals surface area contributed by atoms with Gasteiger partial charge in [0, 0.05) is 31.2 Å². The largest absolute Gasteiger partial charge is 0.435 e. The number of nitrogens with zero attached hydrogens (tertiary/aromatic N) is 4. The first-order valence-corrected chi connectivity index (χ1v) is 13.8. The van der Waals surface area contributed by atoms with Gasteiger partial charge in [0.1, 0.15) is 5.75 Å². The van der Waals surface area contributed by atoms with Crippen molar-refractivity contribution in [2.75, 3.05) is 23.1 Å². The minimum Gasteiger partial charge on any atom is -0.435 e. The van der Waals surface area contributed by atoms with Crippen LogP contribution in [0.1, 0.15) is 18.5 Å². The van der Waals surface area contributed by atoms with E-state index >= 15 is 0 Å². The van der Waals surface area contributed by atoms with E-state index in [4.69, 9.17) is 4.74 Å². The molecular weight excluding hydrogens is 528 g/mol. The van der Waals surface area contributed by atoms with Crippen molar-refractivity contribution in [3.05, 3.63) is 84.4 Å². The van der Waals surface area contributed by atoms with Gasteiger partial charge in [0.25, 0.3) is 0 Å². The summed E-state index contributed by atoms with van der Waals surface area (Å²) in [6, 6.07) is 12.2. The zero-order valence-electron chi connectivity index (χ0n) is 20.6. The van der Waals surface area contributed by atoms with E-state index in [1.54, 1.807) is 36.5 Å². The highest BCUT2D eigenvalue weighted by molar-refractivity contribution is 7.91. The molecule has 202 valence electrons. The van der Waals surface area contributed by atoms with Gasteiger partial charge in [-0.2, -0.15) is 4.39 Å². The van der Waals surface area contributed by atoms with Crippen LogP contribution in [0.25, 0.3) is 11.3 Å². The topological polar surface area (TPSA) is 131 Å². The number of hydrogen-bond donors (Lipinski definition) is 3. The normalized spacial score (nSPS) is 15.5. The molecule has 0 radical (unpaired) electrons. The van der Waals surface area contributed by atoms with Crippen molar-refractivity contribution in [2.24, 2.45) is 0 Å². The highest BCUT2D eigenvalue weighted by Gasteiger charge is 2.22. The Balaban J connectivity index is 1.35. The summed E-state index contributed by atoms with van der Waals surface area (Å²) >= 11 is 0. The van der Waals surface area contributed by atoms with Crippen LogP contribution in [-0.2, 0) is 15.8 Å². The molecule has 1 atom stereocenters. The second kappa shape index (κ2) is 11.7. The summed E-state index contributed by atoms with van der Waals surface area (Å²) < 4.78 is 62.5. The Morgan fingerprint density at radius 1 is 0.974 bits per heavy atom. The number of piperidine rings is 1.